The maximum atomic E-state index is 14.2. The summed E-state index contributed by atoms with van der Waals surface area (Å²) < 4.78 is 32.8. The van der Waals surface area contributed by atoms with Gasteiger partial charge in [-0.1, -0.05) is 12.8 Å². The maximum absolute atomic E-state index is 14.2. The van der Waals surface area contributed by atoms with Gasteiger partial charge in [0.05, 0.1) is 19.3 Å². The number of nitrogens with zero attached hydrogens (tertiary/aromatic N) is 1. The molecule has 1 aliphatic heterocycles. The Balaban J connectivity index is 1.80. The van der Waals surface area contributed by atoms with Crippen molar-refractivity contribution in [3.63, 3.8) is 0 Å². The lowest BCUT2D eigenvalue weighted by molar-refractivity contribution is 0.0193. The van der Waals surface area contributed by atoms with Gasteiger partial charge in [-0.05, 0) is 37.3 Å². The van der Waals surface area contributed by atoms with Gasteiger partial charge < -0.3 is 14.7 Å². The lowest BCUT2D eigenvalue weighted by Crippen LogP contribution is -2.48. The van der Waals surface area contributed by atoms with Crippen molar-refractivity contribution in [2.45, 2.75) is 32.1 Å². The van der Waals surface area contributed by atoms with Gasteiger partial charge in [-0.2, -0.15) is 4.39 Å². The monoisotopic (exact) mass is 339 g/mol. The van der Waals surface area contributed by atoms with Crippen molar-refractivity contribution in [2.24, 2.45) is 11.3 Å². The molecule has 1 N–H and O–H groups in total. The van der Waals surface area contributed by atoms with Crippen LogP contribution in [0.2, 0.25) is 0 Å². The second-order valence-corrected chi connectivity index (χ2v) is 7.08. The van der Waals surface area contributed by atoms with E-state index >= 15 is 0 Å². The number of halogens is 2. The zero-order valence-electron chi connectivity index (χ0n) is 13.9. The summed E-state index contributed by atoms with van der Waals surface area (Å²) in [6, 6.07) is 2.52. The van der Waals surface area contributed by atoms with Crippen LogP contribution >= 0.6 is 0 Å². The number of ether oxygens (including phenoxy) is 1. The molecule has 2 aliphatic rings. The minimum atomic E-state index is -1.18. The minimum absolute atomic E-state index is 0.0206. The molecule has 1 saturated carbocycles. The first-order valence-electron chi connectivity index (χ1n) is 8.42. The van der Waals surface area contributed by atoms with Gasteiger partial charge in [-0.15, -0.1) is 0 Å². The van der Waals surface area contributed by atoms with E-state index in [1.807, 2.05) is 0 Å². The number of rotatable bonds is 5. The molecule has 1 heterocycles. The normalized spacial score (nSPS) is 24.1. The van der Waals surface area contributed by atoms with Gasteiger partial charge in [0.15, 0.2) is 11.6 Å². The number of amides is 1. The summed E-state index contributed by atoms with van der Waals surface area (Å²) in [6.45, 7) is 0.914. The Morgan fingerprint density at radius 1 is 1.38 bits per heavy atom. The summed E-state index contributed by atoms with van der Waals surface area (Å²) >= 11 is 0. The van der Waals surface area contributed by atoms with E-state index in [-0.39, 0.29) is 23.3 Å². The van der Waals surface area contributed by atoms with Crippen LogP contribution in [0.15, 0.2) is 12.1 Å². The molecule has 1 aromatic carbocycles. The molecular formula is C18H23F2NO3. The number of aliphatic hydroxyl groups is 1. The first-order valence-corrected chi connectivity index (χ1v) is 8.42. The highest BCUT2D eigenvalue weighted by Crippen LogP contribution is 2.44. The van der Waals surface area contributed by atoms with Crippen LogP contribution in [-0.2, 0) is 0 Å². The summed E-state index contributed by atoms with van der Waals surface area (Å²) in [5.41, 5.74) is -0.593. The predicted molar refractivity (Wildman–Crippen MR) is 84.9 cm³/mol. The van der Waals surface area contributed by atoms with E-state index in [1.54, 1.807) is 4.90 Å². The van der Waals surface area contributed by atoms with Gasteiger partial charge >= 0.3 is 0 Å². The number of piperidine rings is 1. The molecule has 1 saturated heterocycles. The lowest BCUT2D eigenvalue weighted by Gasteiger charge is -2.42. The Bertz CT molecular complexity index is 633. The lowest BCUT2D eigenvalue weighted by atomic mass is 9.76. The van der Waals surface area contributed by atoms with Crippen LogP contribution in [0.5, 0.6) is 5.75 Å². The molecule has 1 aliphatic carbocycles. The summed E-state index contributed by atoms with van der Waals surface area (Å²) in [7, 11) is 1.25. The van der Waals surface area contributed by atoms with Crippen molar-refractivity contribution in [3.8, 4) is 5.75 Å². The van der Waals surface area contributed by atoms with Gasteiger partial charge in [0.1, 0.15) is 0 Å². The van der Waals surface area contributed by atoms with Gasteiger partial charge in [0.25, 0.3) is 5.91 Å². The summed E-state index contributed by atoms with van der Waals surface area (Å²) in [5.74, 6) is -2.45. The van der Waals surface area contributed by atoms with Crippen LogP contribution in [0, 0.1) is 23.0 Å². The van der Waals surface area contributed by atoms with E-state index in [2.05, 4.69) is 0 Å². The van der Waals surface area contributed by atoms with E-state index in [4.69, 9.17) is 4.74 Å². The Morgan fingerprint density at radius 2 is 2.12 bits per heavy atom. The van der Waals surface area contributed by atoms with Crippen molar-refractivity contribution < 1.29 is 23.4 Å². The number of aliphatic hydroxyl groups excluding tert-OH is 1. The Hall–Kier alpha value is -1.69. The molecule has 2 fully saturated rings. The van der Waals surface area contributed by atoms with Crippen molar-refractivity contribution in [1.82, 2.24) is 4.90 Å². The first kappa shape index (κ1) is 17.1. The van der Waals surface area contributed by atoms with Crippen molar-refractivity contribution >= 4 is 5.91 Å². The maximum Gasteiger partial charge on any atom is 0.256 e. The van der Waals surface area contributed by atoms with Crippen molar-refractivity contribution in [3.05, 3.63) is 29.3 Å². The number of carbonyl (C=O) groups excluding carboxylic acids is 1. The van der Waals surface area contributed by atoms with Crippen LogP contribution in [0.1, 0.15) is 42.5 Å². The standard InChI is InChI=1S/C18H23F2NO3/c1-24-14-6-5-13(15(19)16(14)20)17(23)21-8-2-7-18(10-21,11-22)9-12-3-4-12/h5-6,12,22H,2-4,7-11H2,1H3. The van der Waals surface area contributed by atoms with Crippen LogP contribution < -0.4 is 4.74 Å². The highest BCUT2D eigenvalue weighted by Gasteiger charge is 2.41. The first-order chi connectivity index (χ1) is 11.5. The third-order valence-corrected chi connectivity index (χ3v) is 5.20. The van der Waals surface area contributed by atoms with Crippen molar-refractivity contribution in [1.29, 1.82) is 0 Å². The summed E-state index contributed by atoms with van der Waals surface area (Å²) in [4.78, 5) is 14.2. The van der Waals surface area contributed by atoms with Gasteiger partial charge in [-0.25, -0.2) is 4.39 Å². The van der Waals surface area contributed by atoms with E-state index in [9.17, 15) is 18.7 Å². The number of carbonyl (C=O) groups is 1. The predicted octanol–water partition coefficient (Wildman–Crippen LogP) is 2.99. The van der Waals surface area contributed by atoms with Gasteiger partial charge in [0, 0.05) is 18.5 Å². The van der Waals surface area contributed by atoms with Crippen LogP contribution in [0.3, 0.4) is 0 Å². The fraction of sp³-hybridized carbons (Fsp3) is 0.611. The number of hydrogen-bond donors (Lipinski definition) is 1. The minimum Gasteiger partial charge on any atom is -0.494 e. The highest BCUT2D eigenvalue weighted by atomic mass is 19.2. The molecule has 1 amide bonds. The third-order valence-electron chi connectivity index (χ3n) is 5.20. The van der Waals surface area contributed by atoms with Crippen molar-refractivity contribution in [2.75, 3.05) is 26.8 Å². The Kier molecular flexibility index (Phi) is 4.76. The van der Waals surface area contributed by atoms with Crippen LogP contribution in [0.25, 0.3) is 0 Å². The average molecular weight is 339 g/mol. The average Bonchev–Trinajstić information content (AvgIpc) is 3.40. The van der Waals surface area contributed by atoms with E-state index < -0.39 is 17.5 Å². The zero-order valence-corrected chi connectivity index (χ0v) is 13.9. The Morgan fingerprint density at radius 3 is 2.75 bits per heavy atom. The fourth-order valence-electron chi connectivity index (χ4n) is 3.70. The number of benzene rings is 1. The van der Waals surface area contributed by atoms with Gasteiger partial charge in [-0.3, -0.25) is 4.79 Å². The molecule has 4 nitrogen and oxygen atoms in total. The fourth-order valence-corrected chi connectivity index (χ4v) is 3.70. The molecule has 1 aromatic rings. The molecule has 0 bridgehead atoms. The SMILES string of the molecule is COc1ccc(C(=O)N2CCCC(CO)(CC3CC3)C2)c(F)c1F. The second kappa shape index (κ2) is 6.67. The quantitative estimate of drug-likeness (QED) is 0.897. The molecule has 24 heavy (non-hydrogen) atoms. The van der Waals surface area contributed by atoms with E-state index in [0.29, 0.717) is 19.0 Å². The number of methoxy groups -OCH3 is 1. The van der Waals surface area contributed by atoms with Gasteiger partial charge in [0.2, 0.25) is 5.82 Å². The third kappa shape index (κ3) is 3.24. The smallest absolute Gasteiger partial charge is 0.256 e. The molecule has 1 unspecified atom stereocenters. The summed E-state index contributed by atoms with van der Waals surface area (Å²) in [6.07, 6.45) is 4.87. The molecular weight excluding hydrogens is 316 g/mol. The van der Waals surface area contributed by atoms with E-state index in [0.717, 1.165) is 19.3 Å². The summed E-state index contributed by atoms with van der Waals surface area (Å²) in [5, 5.41) is 9.87. The molecule has 0 spiro atoms. The second-order valence-electron chi connectivity index (χ2n) is 7.08. The molecule has 0 radical (unpaired) electrons. The molecule has 132 valence electrons. The largest absolute Gasteiger partial charge is 0.494 e. The molecule has 3 rings (SSSR count). The highest BCUT2D eigenvalue weighted by molar-refractivity contribution is 5.94. The molecule has 6 heteroatoms. The van der Waals surface area contributed by atoms with Crippen LogP contribution in [-0.4, -0.2) is 42.7 Å². The van der Waals surface area contributed by atoms with Crippen LogP contribution in [0.4, 0.5) is 8.78 Å². The number of likely N-dealkylation sites (tertiary alicyclic amines) is 1. The topological polar surface area (TPSA) is 49.8 Å². The Labute approximate surface area is 140 Å². The molecule has 0 aromatic heterocycles. The number of hydrogen-bond acceptors (Lipinski definition) is 3. The molecule has 1 atom stereocenters. The van der Waals surface area contributed by atoms with E-state index in [1.165, 1.54) is 32.1 Å². The zero-order chi connectivity index (χ0) is 17.3.